The Hall–Kier alpha value is -5.55. The van der Waals surface area contributed by atoms with Crippen molar-refractivity contribution in [3.63, 3.8) is 0 Å². The number of anilines is 2. The van der Waals surface area contributed by atoms with Gasteiger partial charge in [-0.15, -0.1) is 30.7 Å². The molecule has 4 aromatic rings. The predicted molar refractivity (Wildman–Crippen MR) is 227 cm³/mol. The van der Waals surface area contributed by atoms with Gasteiger partial charge in [0.15, 0.2) is 19.7 Å². The molecule has 0 atom stereocenters. The lowest BCUT2D eigenvalue weighted by Gasteiger charge is -2.13. The van der Waals surface area contributed by atoms with E-state index in [4.69, 9.17) is 19.6 Å². The van der Waals surface area contributed by atoms with Crippen LogP contribution >= 0.6 is 0 Å². The van der Waals surface area contributed by atoms with Crippen molar-refractivity contribution in [2.45, 2.75) is 24.5 Å². The number of nitrogen functional groups attached to an aromatic ring is 1. The first-order chi connectivity index (χ1) is 30.7. The maximum Gasteiger partial charge on any atom is 0.397 e. The van der Waals surface area contributed by atoms with E-state index in [2.05, 4.69) is 44.4 Å². The summed E-state index contributed by atoms with van der Waals surface area (Å²) in [5, 5.41) is 25.7. The van der Waals surface area contributed by atoms with Crippen LogP contribution in [-0.4, -0.2) is 121 Å². The van der Waals surface area contributed by atoms with Crippen molar-refractivity contribution in [3.05, 3.63) is 60.7 Å². The number of ether oxygens (including phenoxy) is 1. The topological polar surface area (TPSA) is 480 Å². The summed E-state index contributed by atoms with van der Waals surface area (Å²) in [6.45, 7) is -2.22. The first kappa shape index (κ1) is 54.1. The van der Waals surface area contributed by atoms with E-state index in [1.807, 2.05) is 0 Å². The third-order valence-corrected chi connectivity index (χ3v) is 15.0. The normalized spacial score (nSPS) is 13.5. The van der Waals surface area contributed by atoms with E-state index in [1.54, 1.807) is 0 Å². The minimum absolute atomic E-state index is 0.0394. The molecule has 30 nitrogen and oxygen atoms in total. The van der Waals surface area contributed by atoms with Gasteiger partial charge in [0.1, 0.15) is 54.6 Å². The molecule has 0 aliphatic carbocycles. The fraction of sp³-hybridized carbons (Fsp3) is 0.200. The zero-order valence-corrected chi connectivity index (χ0v) is 39.1. The van der Waals surface area contributed by atoms with E-state index in [0.717, 1.165) is 42.5 Å². The minimum atomic E-state index is -5.37. The van der Waals surface area contributed by atoms with Crippen molar-refractivity contribution in [1.29, 1.82) is 0 Å². The quantitative estimate of drug-likeness (QED) is 0.0356. The van der Waals surface area contributed by atoms with Crippen LogP contribution in [0.5, 0.6) is 5.75 Å². The van der Waals surface area contributed by atoms with Crippen LogP contribution in [-0.2, 0) is 79.2 Å². The third-order valence-electron chi connectivity index (χ3n) is 8.09. The van der Waals surface area contributed by atoms with Gasteiger partial charge in [0.25, 0.3) is 30.4 Å². The van der Waals surface area contributed by atoms with Crippen molar-refractivity contribution in [2.24, 2.45) is 30.7 Å². The van der Waals surface area contributed by atoms with Crippen LogP contribution in [0.15, 0.2) is 116 Å². The number of azo groups is 3. The van der Waals surface area contributed by atoms with Gasteiger partial charge in [0.2, 0.25) is 0 Å². The van der Waals surface area contributed by atoms with E-state index in [0.29, 0.717) is 12.1 Å². The first-order valence-corrected chi connectivity index (χ1v) is 27.5. The van der Waals surface area contributed by atoms with Gasteiger partial charge in [-0.1, -0.05) is 0 Å². The van der Waals surface area contributed by atoms with E-state index in [9.17, 15) is 72.6 Å². The number of nitrogens with zero attached hydrogens (tertiary/aromatic N) is 6. The Labute approximate surface area is 380 Å². The van der Waals surface area contributed by atoms with Gasteiger partial charge in [-0.3, -0.25) is 22.8 Å². The van der Waals surface area contributed by atoms with Gasteiger partial charge in [0, 0.05) is 13.1 Å². The lowest BCUT2D eigenvalue weighted by Crippen LogP contribution is -2.16. The molecule has 37 heteroatoms. The largest absolute Gasteiger partial charge is 0.497 e. The maximum absolute atomic E-state index is 12.8. The summed E-state index contributed by atoms with van der Waals surface area (Å²) in [5.74, 6) is -2.28. The third kappa shape index (κ3) is 14.7. The molecule has 4 rings (SSSR count). The summed E-state index contributed by atoms with van der Waals surface area (Å²) in [4.78, 5) is -4.82. The highest BCUT2D eigenvalue weighted by Gasteiger charge is 2.26. The van der Waals surface area contributed by atoms with Gasteiger partial charge < -0.3 is 15.8 Å². The average Bonchev–Trinajstić information content (AvgIpc) is 3.19. The molecule has 0 saturated heterocycles. The van der Waals surface area contributed by atoms with Crippen molar-refractivity contribution in [3.8, 4) is 5.75 Å². The Kier molecular flexibility index (Phi) is 16.4. The van der Waals surface area contributed by atoms with Crippen LogP contribution in [0.3, 0.4) is 0 Å². The molecule has 0 unspecified atom stereocenters. The van der Waals surface area contributed by atoms with Crippen LogP contribution in [0.2, 0.25) is 0 Å². The number of rotatable bonds is 21. The molecule has 67 heavy (non-hydrogen) atoms. The molecule has 0 aliphatic rings. The summed E-state index contributed by atoms with van der Waals surface area (Å²) >= 11 is 0. The summed E-state index contributed by atoms with van der Waals surface area (Å²) < 4.78 is 229. The van der Waals surface area contributed by atoms with E-state index >= 15 is 0 Å². The average molecular weight is 1080 g/mol. The Morgan fingerprint density at radius 1 is 0.507 bits per heavy atom. The fourth-order valence-corrected chi connectivity index (χ4v) is 10.2. The second kappa shape index (κ2) is 20.4. The smallest absolute Gasteiger partial charge is 0.397 e. The predicted octanol–water partition coefficient (Wildman–Crippen LogP) is 3.49. The molecule has 0 heterocycles. The zero-order valence-electron chi connectivity index (χ0n) is 33.4. The molecule has 0 aliphatic heterocycles. The molecule has 0 aromatic heterocycles. The highest BCUT2D eigenvalue weighted by Crippen LogP contribution is 2.48. The summed E-state index contributed by atoms with van der Waals surface area (Å²) in [6, 6.07) is 7.95. The molecular weight excluding hydrogens is 1050 g/mol. The SMILES string of the molecule is CNc1c(N=Nc2ccc(OC)cc2S(=O)(=O)O)cc(N=Nc2ccc(S(=O)(=O)CCOS(=O)(=O)O)cc2S(=O)(=O)O)c(N)c1N=Nc1ccc(S(=O)(=O)CCOS(=O)(=O)O)cc1S(=O)(=O)O. The highest BCUT2D eigenvalue weighted by atomic mass is 32.3. The van der Waals surface area contributed by atoms with Crippen molar-refractivity contribution in [1.82, 2.24) is 0 Å². The first-order valence-electron chi connectivity index (χ1n) is 17.1. The van der Waals surface area contributed by atoms with Crippen LogP contribution < -0.4 is 15.8 Å². The van der Waals surface area contributed by atoms with Crippen LogP contribution in [0, 0.1) is 0 Å². The minimum Gasteiger partial charge on any atom is -0.497 e. The number of hydrogen-bond acceptors (Lipinski definition) is 25. The number of hydrogen-bond donors (Lipinski definition) is 7. The van der Waals surface area contributed by atoms with Crippen LogP contribution in [0.25, 0.3) is 0 Å². The molecule has 0 saturated carbocycles. The summed E-state index contributed by atoms with van der Waals surface area (Å²) in [6.07, 6.45) is 0. The molecular formula is C30H32N8O22S7. The fourth-order valence-electron chi connectivity index (χ4n) is 5.09. The zero-order chi connectivity index (χ0) is 50.6. The Balaban J connectivity index is 1.96. The van der Waals surface area contributed by atoms with E-state index in [-0.39, 0.29) is 11.4 Å². The Bertz CT molecular complexity index is 3510. The highest BCUT2D eigenvalue weighted by molar-refractivity contribution is 7.92. The summed E-state index contributed by atoms with van der Waals surface area (Å²) in [5.41, 5.74) is 1.90. The number of benzene rings is 4. The van der Waals surface area contributed by atoms with Crippen molar-refractivity contribution < 1.29 is 94.8 Å². The second-order valence-electron chi connectivity index (χ2n) is 12.6. The van der Waals surface area contributed by atoms with E-state index in [1.165, 1.54) is 20.2 Å². The second-order valence-corrected chi connectivity index (χ2v) is 23.1. The molecule has 0 amide bonds. The van der Waals surface area contributed by atoms with Gasteiger partial charge >= 0.3 is 20.8 Å². The van der Waals surface area contributed by atoms with Crippen molar-refractivity contribution in [2.75, 3.05) is 49.9 Å². The molecule has 0 bridgehead atoms. The van der Waals surface area contributed by atoms with E-state index < -0.39 is 160 Å². The molecule has 0 fully saturated rings. The van der Waals surface area contributed by atoms with Gasteiger partial charge in [-0.25, -0.2) is 25.2 Å². The van der Waals surface area contributed by atoms with Gasteiger partial charge in [-0.05, 0) is 54.6 Å². The number of nitrogens with one attached hydrogen (secondary N) is 1. The van der Waals surface area contributed by atoms with Gasteiger partial charge in [0.05, 0.1) is 53.0 Å². The lowest BCUT2D eigenvalue weighted by molar-refractivity contribution is 0.282. The Morgan fingerprint density at radius 2 is 0.881 bits per heavy atom. The Morgan fingerprint density at radius 3 is 1.27 bits per heavy atom. The van der Waals surface area contributed by atoms with Crippen LogP contribution in [0.1, 0.15) is 0 Å². The number of methoxy groups -OCH3 is 1. The standard InChI is InChI=1S/C30H32N8O22S7/c1-32-29-24(37-34-20-6-3-17(58-2)13-25(20)63(43,44)45)16-23(36-33-21-7-4-18(14-26(21)64(46,47)48)61(39,40)11-9-59-66(52,53)54)28(31)30(29)38-35-22-8-5-19(15-27(22)65(49,50)51)62(41,42)12-10-60-67(55,56)57/h3-8,13-16,32H,9-12,31H2,1-2H3,(H,43,44,45)(H,46,47,48)(H,49,50,51)(H,52,53,54)(H,55,56,57). The monoisotopic (exact) mass is 1080 g/mol. The number of sulfone groups is 2. The van der Waals surface area contributed by atoms with Gasteiger partial charge in [-0.2, -0.15) is 42.1 Å². The maximum atomic E-state index is 12.8. The molecule has 0 radical (unpaired) electrons. The molecule has 366 valence electrons. The van der Waals surface area contributed by atoms with Crippen molar-refractivity contribution >= 4 is 116 Å². The lowest BCUT2D eigenvalue weighted by atomic mass is 10.1. The number of nitrogens with two attached hydrogens (primary N) is 1. The summed E-state index contributed by atoms with van der Waals surface area (Å²) in [7, 11) is -32.6. The molecule has 4 aromatic carbocycles. The molecule has 8 N–H and O–H groups in total. The van der Waals surface area contributed by atoms with Crippen LogP contribution in [0.4, 0.5) is 45.5 Å². The molecule has 0 spiro atoms.